The number of aliphatic imine (C=N–C) groups is 1. The van der Waals surface area contributed by atoms with E-state index in [1.54, 1.807) is 4.90 Å². The Morgan fingerprint density at radius 1 is 1.28 bits per heavy atom. The van der Waals surface area contributed by atoms with Crippen LogP contribution in [0, 0.1) is 11.2 Å². The lowest BCUT2D eigenvalue weighted by molar-refractivity contribution is -0.274. The molecule has 2 aromatic rings. The monoisotopic (exact) mass is 528 g/mol. The third-order valence-corrected chi connectivity index (χ3v) is 5.35. The zero-order valence-corrected chi connectivity index (χ0v) is 19.3. The standard InChI is InChI=1S/C21H20F4N6O4S/c22-14-3-4-28-10-13(14)18(26)36-20(27)30-19(33)12-1-2-16(35-21(23,24)25)15(9-12)29-17(32)11-31-5-7-34-8-6-31/h1-4,9-10,26H,5-8,11H2,(H,29,32)(H2,27,30,33). The number of carbonyl (C=O) groups is 2. The van der Waals surface area contributed by atoms with Gasteiger partial charge in [0.25, 0.3) is 5.91 Å². The molecule has 1 aliphatic heterocycles. The number of anilines is 1. The number of pyridine rings is 1. The Labute approximate surface area is 206 Å². The van der Waals surface area contributed by atoms with E-state index in [4.69, 9.17) is 15.9 Å². The van der Waals surface area contributed by atoms with Crippen molar-refractivity contribution in [3.05, 3.63) is 53.6 Å². The largest absolute Gasteiger partial charge is 0.573 e. The summed E-state index contributed by atoms with van der Waals surface area (Å²) in [4.78, 5) is 34.0. The summed E-state index contributed by atoms with van der Waals surface area (Å²) < 4.78 is 61.4. The fraction of sp³-hybridized carbons (Fsp3) is 0.286. The van der Waals surface area contributed by atoms with Crippen LogP contribution in [0.5, 0.6) is 5.75 Å². The van der Waals surface area contributed by atoms with Crippen LogP contribution in [0.1, 0.15) is 15.9 Å². The highest BCUT2D eigenvalue weighted by Crippen LogP contribution is 2.31. The van der Waals surface area contributed by atoms with Gasteiger partial charge >= 0.3 is 6.36 Å². The van der Waals surface area contributed by atoms with Crippen molar-refractivity contribution in [3.63, 3.8) is 0 Å². The summed E-state index contributed by atoms with van der Waals surface area (Å²) in [5.74, 6) is -3.05. The molecule has 2 amide bonds. The van der Waals surface area contributed by atoms with Gasteiger partial charge in [0.05, 0.1) is 31.0 Å². The zero-order valence-electron chi connectivity index (χ0n) is 18.5. The van der Waals surface area contributed by atoms with Crippen molar-refractivity contribution in [3.8, 4) is 5.75 Å². The molecule has 0 atom stereocenters. The molecule has 0 spiro atoms. The third kappa shape index (κ3) is 8.00. The predicted octanol–water partition coefficient (Wildman–Crippen LogP) is 2.60. The quantitative estimate of drug-likeness (QED) is 0.295. The summed E-state index contributed by atoms with van der Waals surface area (Å²) in [7, 11) is 0. The molecule has 1 aromatic carbocycles. The van der Waals surface area contributed by atoms with Gasteiger partial charge in [0, 0.05) is 31.0 Å². The van der Waals surface area contributed by atoms with E-state index in [1.165, 1.54) is 6.20 Å². The zero-order chi connectivity index (χ0) is 26.3. The number of nitrogens with zero attached hydrogens (tertiary/aromatic N) is 3. The molecule has 3 rings (SSSR count). The Kier molecular flexibility index (Phi) is 8.95. The molecule has 4 N–H and O–H groups in total. The molecule has 1 aromatic heterocycles. The SMILES string of the molecule is N=C(SC(N)=NC(=O)c1ccc(OC(F)(F)F)c(NC(=O)CN2CCOCC2)c1)c1cnccc1F. The first kappa shape index (κ1) is 27.0. The number of carbonyl (C=O) groups excluding carboxylic acids is 2. The number of nitrogens with one attached hydrogen (secondary N) is 2. The molecule has 36 heavy (non-hydrogen) atoms. The lowest BCUT2D eigenvalue weighted by Crippen LogP contribution is -2.41. The molecule has 192 valence electrons. The molecular formula is C21H20F4N6O4S. The maximum atomic E-state index is 13.8. The second kappa shape index (κ2) is 11.9. The molecule has 2 heterocycles. The first-order valence-corrected chi connectivity index (χ1v) is 11.1. The van der Waals surface area contributed by atoms with E-state index in [9.17, 15) is 27.2 Å². The number of thioether (sulfide) groups is 1. The van der Waals surface area contributed by atoms with E-state index in [0.717, 1.165) is 30.5 Å². The summed E-state index contributed by atoms with van der Waals surface area (Å²) in [6, 6.07) is 3.88. The number of aromatic nitrogens is 1. The number of morpholine rings is 1. The van der Waals surface area contributed by atoms with Crippen LogP contribution in [0.25, 0.3) is 0 Å². The first-order valence-electron chi connectivity index (χ1n) is 10.3. The summed E-state index contributed by atoms with van der Waals surface area (Å²) in [6.07, 6.45) is -2.75. The smallest absolute Gasteiger partial charge is 0.404 e. The molecular weight excluding hydrogens is 508 g/mol. The van der Waals surface area contributed by atoms with E-state index in [2.05, 4.69) is 20.0 Å². The Bertz CT molecular complexity index is 1170. The van der Waals surface area contributed by atoms with Crippen molar-refractivity contribution in [2.24, 2.45) is 10.7 Å². The van der Waals surface area contributed by atoms with E-state index >= 15 is 0 Å². The summed E-state index contributed by atoms with van der Waals surface area (Å²) in [5, 5.41) is 9.45. The van der Waals surface area contributed by atoms with Gasteiger partial charge in [-0.2, -0.15) is 4.99 Å². The van der Waals surface area contributed by atoms with Crippen molar-refractivity contribution >= 4 is 39.5 Å². The van der Waals surface area contributed by atoms with Gasteiger partial charge < -0.3 is 20.5 Å². The highest BCUT2D eigenvalue weighted by molar-refractivity contribution is 8.26. The first-order chi connectivity index (χ1) is 17.0. The fourth-order valence-corrected chi connectivity index (χ4v) is 3.62. The van der Waals surface area contributed by atoms with Crippen LogP contribution >= 0.6 is 11.8 Å². The number of halogens is 4. The average Bonchev–Trinajstić information content (AvgIpc) is 2.80. The number of amides is 2. The van der Waals surface area contributed by atoms with Crippen LogP contribution in [-0.2, 0) is 9.53 Å². The number of ether oxygens (including phenoxy) is 2. The predicted molar refractivity (Wildman–Crippen MR) is 124 cm³/mol. The van der Waals surface area contributed by atoms with Crippen LogP contribution in [0.3, 0.4) is 0 Å². The lowest BCUT2D eigenvalue weighted by atomic mass is 10.1. The maximum Gasteiger partial charge on any atom is 0.573 e. The van der Waals surface area contributed by atoms with Crippen LogP contribution in [-0.4, -0.2) is 71.1 Å². The number of alkyl halides is 3. The van der Waals surface area contributed by atoms with Crippen LogP contribution in [0.4, 0.5) is 23.2 Å². The Hall–Kier alpha value is -3.56. The van der Waals surface area contributed by atoms with Gasteiger partial charge in [-0.05, 0) is 36.0 Å². The molecule has 1 saturated heterocycles. The number of hydrogen-bond acceptors (Lipinski definition) is 8. The molecule has 1 aliphatic rings. The summed E-state index contributed by atoms with van der Waals surface area (Å²) in [6.45, 7) is 1.68. The lowest BCUT2D eigenvalue weighted by Gasteiger charge is -2.26. The Morgan fingerprint density at radius 2 is 2.00 bits per heavy atom. The Balaban J connectivity index is 1.76. The number of amidine groups is 1. The van der Waals surface area contributed by atoms with E-state index < -0.39 is 40.6 Å². The number of hydrogen-bond donors (Lipinski definition) is 3. The summed E-state index contributed by atoms with van der Waals surface area (Å²) in [5.41, 5.74) is 4.91. The summed E-state index contributed by atoms with van der Waals surface area (Å²) >= 11 is 0.486. The third-order valence-electron chi connectivity index (χ3n) is 4.63. The van der Waals surface area contributed by atoms with Crippen molar-refractivity contribution in [1.29, 1.82) is 5.41 Å². The molecule has 0 radical (unpaired) electrons. The molecule has 0 saturated carbocycles. The maximum absolute atomic E-state index is 13.8. The number of rotatable bonds is 6. The molecule has 0 bridgehead atoms. The average molecular weight is 528 g/mol. The minimum absolute atomic E-state index is 0.109. The van der Waals surface area contributed by atoms with Gasteiger partial charge in [-0.25, -0.2) is 4.39 Å². The van der Waals surface area contributed by atoms with Crippen LogP contribution < -0.4 is 15.8 Å². The van der Waals surface area contributed by atoms with Gasteiger partial charge in [0.1, 0.15) is 10.9 Å². The van der Waals surface area contributed by atoms with Gasteiger partial charge in [-0.1, -0.05) is 0 Å². The second-order valence-electron chi connectivity index (χ2n) is 7.24. The number of benzene rings is 1. The Morgan fingerprint density at radius 3 is 2.67 bits per heavy atom. The molecule has 15 heteroatoms. The minimum Gasteiger partial charge on any atom is -0.404 e. The normalized spacial score (nSPS) is 14.8. The van der Waals surface area contributed by atoms with E-state index in [1.807, 2.05) is 0 Å². The van der Waals surface area contributed by atoms with Crippen molar-refractivity contribution in [1.82, 2.24) is 9.88 Å². The highest BCUT2D eigenvalue weighted by Gasteiger charge is 2.32. The fourth-order valence-electron chi connectivity index (χ4n) is 3.02. The van der Waals surface area contributed by atoms with Crippen LogP contribution in [0.2, 0.25) is 0 Å². The van der Waals surface area contributed by atoms with Crippen molar-refractivity contribution < 1.29 is 36.6 Å². The van der Waals surface area contributed by atoms with Crippen molar-refractivity contribution in [2.75, 3.05) is 38.2 Å². The molecule has 0 aliphatic carbocycles. The molecule has 0 unspecified atom stereocenters. The van der Waals surface area contributed by atoms with Crippen LogP contribution in [0.15, 0.2) is 41.7 Å². The highest BCUT2D eigenvalue weighted by atomic mass is 32.2. The topological polar surface area (TPSA) is 143 Å². The van der Waals surface area contributed by atoms with Gasteiger partial charge in [0.2, 0.25) is 5.91 Å². The number of nitrogens with two attached hydrogens (primary N) is 1. The van der Waals surface area contributed by atoms with Crippen molar-refractivity contribution in [2.45, 2.75) is 6.36 Å². The van der Waals surface area contributed by atoms with Gasteiger partial charge in [-0.3, -0.25) is 24.9 Å². The van der Waals surface area contributed by atoms with Gasteiger partial charge in [-0.15, -0.1) is 13.2 Å². The van der Waals surface area contributed by atoms with E-state index in [-0.39, 0.29) is 22.7 Å². The second-order valence-corrected chi connectivity index (χ2v) is 8.27. The van der Waals surface area contributed by atoms with Gasteiger partial charge in [0.15, 0.2) is 10.9 Å². The molecule has 10 nitrogen and oxygen atoms in total. The molecule has 1 fully saturated rings. The minimum atomic E-state index is -5.05. The van der Waals surface area contributed by atoms with E-state index in [0.29, 0.717) is 38.1 Å².